The van der Waals surface area contributed by atoms with E-state index in [-0.39, 0.29) is 16.7 Å². The summed E-state index contributed by atoms with van der Waals surface area (Å²) < 4.78 is 28.2. The minimum absolute atomic E-state index is 0.0847. The van der Waals surface area contributed by atoms with Crippen LogP contribution in [0.15, 0.2) is 47.4 Å². The molecule has 0 fully saturated rings. The molecule has 0 aliphatic heterocycles. The third-order valence-corrected chi connectivity index (χ3v) is 5.80. The molecular weight excluding hydrogens is 378 g/mol. The molecule has 0 aliphatic rings. The Hall–Kier alpha value is -2.45. The first-order chi connectivity index (χ1) is 13.2. The predicted molar refractivity (Wildman–Crippen MR) is 109 cm³/mol. The molecule has 0 spiro atoms. The zero-order valence-electron chi connectivity index (χ0n) is 16.5. The molecule has 2 unspecified atom stereocenters. The number of likely N-dealkylation sites (N-methyl/N-ethyl adjacent to an activating group) is 1. The van der Waals surface area contributed by atoms with Crippen molar-refractivity contribution >= 4 is 32.6 Å². The van der Waals surface area contributed by atoms with E-state index < -0.39 is 28.0 Å². The molecule has 8 heteroatoms. The van der Waals surface area contributed by atoms with Gasteiger partial charge in [0.15, 0.2) is 0 Å². The molecule has 3 N–H and O–H groups in total. The second-order valence-electron chi connectivity index (χ2n) is 6.98. The maximum Gasteiger partial charge on any atom is 0.242 e. The van der Waals surface area contributed by atoms with Crippen LogP contribution >= 0.6 is 0 Å². The lowest BCUT2D eigenvalue weighted by Crippen LogP contribution is -2.54. The number of fused-ring (bicyclic) bond motifs is 1. The standard InChI is InChI=1S/C20H27N3O4S/c1-5-21-19(24)14(4)22-20(25)18(13(2)3)23-28(26,27)17-11-10-15-8-6-7-9-16(15)12-17/h6-14,18,23H,5H2,1-4H3,(H,21,24)(H,22,25). The van der Waals surface area contributed by atoms with Gasteiger partial charge < -0.3 is 10.6 Å². The second kappa shape index (κ2) is 9.16. The van der Waals surface area contributed by atoms with Gasteiger partial charge in [-0.1, -0.05) is 44.2 Å². The summed E-state index contributed by atoms with van der Waals surface area (Å²) in [6.07, 6.45) is 0. The van der Waals surface area contributed by atoms with Crippen molar-refractivity contribution in [2.45, 2.75) is 44.7 Å². The highest BCUT2D eigenvalue weighted by atomic mass is 32.2. The molecule has 0 saturated carbocycles. The van der Waals surface area contributed by atoms with Crippen LogP contribution < -0.4 is 15.4 Å². The van der Waals surface area contributed by atoms with Crippen LogP contribution in [0.1, 0.15) is 27.7 Å². The summed E-state index contributed by atoms with van der Waals surface area (Å²) in [6.45, 7) is 7.26. The van der Waals surface area contributed by atoms with Crippen LogP contribution in [0, 0.1) is 5.92 Å². The molecule has 2 atom stereocenters. The molecule has 0 bridgehead atoms. The van der Waals surface area contributed by atoms with E-state index in [2.05, 4.69) is 15.4 Å². The summed E-state index contributed by atoms with van der Waals surface area (Å²) in [7, 11) is -3.92. The first-order valence-corrected chi connectivity index (χ1v) is 10.7. The lowest BCUT2D eigenvalue weighted by molar-refractivity contribution is -0.129. The Balaban J connectivity index is 2.21. The minimum atomic E-state index is -3.92. The highest BCUT2D eigenvalue weighted by Crippen LogP contribution is 2.19. The lowest BCUT2D eigenvalue weighted by Gasteiger charge is -2.23. The summed E-state index contributed by atoms with van der Waals surface area (Å²) in [5.74, 6) is -1.18. The molecule has 2 aromatic carbocycles. The number of nitrogens with one attached hydrogen (secondary N) is 3. The summed E-state index contributed by atoms with van der Waals surface area (Å²) >= 11 is 0. The highest BCUT2D eigenvalue weighted by Gasteiger charge is 2.30. The third kappa shape index (κ3) is 5.30. The van der Waals surface area contributed by atoms with Crippen molar-refractivity contribution in [1.29, 1.82) is 0 Å². The SMILES string of the molecule is CCNC(=O)C(C)NC(=O)C(NS(=O)(=O)c1ccc2ccccc2c1)C(C)C. The van der Waals surface area contributed by atoms with E-state index in [0.29, 0.717) is 6.54 Å². The molecule has 0 aromatic heterocycles. The van der Waals surface area contributed by atoms with E-state index >= 15 is 0 Å². The quantitative estimate of drug-likeness (QED) is 0.623. The smallest absolute Gasteiger partial charge is 0.242 e. The average Bonchev–Trinajstić information content (AvgIpc) is 2.65. The lowest BCUT2D eigenvalue weighted by atomic mass is 10.0. The number of rotatable bonds is 8. The van der Waals surface area contributed by atoms with Gasteiger partial charge in [0, 0.05) is 6.54 Å². The number of hydrogen-bond donors (Lipinski definition) is 3. The van der Waals surface area contributed by atoms with Crippen LogP contribution in [0.25, 0.3) is 10.8 Å². The Bertz CT molecular complexity index is 957. The Kier molecular flexibility index (Phi) is 7.15. The van der Waals surface area contributed by atoms with Gasteiger partial charge in [0.25, 0.3) is 0 Å². The van der Waals surface area contributed by atoms with Crippen LogP contribution in [-0.2, 0) is 19.6 Å². The second-order valence-corrected chi connectivity index (χ2v) is 8.69. The Labute approximate surface area is 165 Å². The van der Waals surface area contributed by atoms with Crippen molar-refractivity contribution in [3.8, 4) is 0 Å². The molecule has 2 aromatic rings. The van der Waals surface area contributed by atoms with Crippen molar-refractivity contribution < 1.29 is 18.0 Å². The monoisotopic (exact) mass is 405 g/mol. The van der Waals surface area contributed by atoms with Crippen molar-refractivity contribution in [3.05, 3.63) is 42.5 Å². The van der Waals surface area contributed by atoms with Crippen LogP contribution in [-0.4, -0.2) is 38.9 Å². The zero-order chi connectivity index (χ0) is 20.9. The van der Waals surface area contributed by atoms with E-state index in [4.69, 9.17) is 0 Å². The van der Waals surface area contributed by atoms with Gasteiger partial charge in [-0.25, -0.2) is 8.42 Å². The van der Waals surface area contributed by atoms with Gasteiger partial charge in [-0.2, -0.15) is 4.72 Å². The molecule has 152 valence electrons. The van der Waals surface area contributed by atoms with Crippen molar-refractivity contribution in [2.24, 2.45) is 5.92 Å². The summed E-state index contributed by atoms with van der Waals surface area (Å²) in [6, 6.07) is 10.5. The molecule has 7 nitrogen and oxygen atoms in total. The van der Waals surface area contributed by atoms with Gasteiger partial charge in [-0.15, -0.1) is 0 Å². The molecule has 0 heterocycles. The van der Waals surface area contributed by atoms with Gasteiger partial charge in [-0.3, -0.25) is 9.59 Å². The van der Waals surface area contributed by atoms with Gasteiger partial charge in [0.05, 0.1) is 4.90 Å². The minimum Gasteiger partial charge on any atom is -0.355 e. The van der Waals surface area contributed by atoms with Crippen LogP contribution in [0.5, 0.6) is 0 Å². The first-order valence-electron chi connectivity index (χ1n) is 9.25. The summed E-state index contributed by atoms with van der Waals surface area (Å²) in [4.78, 5) is 24.5. The fourth-order valence-electron chi connectivity index (χ4n) is 2.76. The van der Waals surface area contributed by atoms with Gasteiger partial charge in [0.2, 0.25) is 21.8 Å². The number of benzene rings is 2. The zero-order valence-corrected chi connectivity index (χ0v) is 17.3. The molecule has 2 amide bonds. The van der Waals surface area contributed by atoms with Crippen molar-refractivity contribution in [3.63, 3.8) is 0 Å². The maximum absolute atomic E-state index is 12.8. The maximum atomic E-state index is 12.8. The average molecular weight is 406 g/mol. The molecule has 0 aliphatic carbocycles. The third-order valence-electron chi connectivity index (χ3n) is 4.37. The fraction of sp³-hybridized carbons (Fsp3) is 0.400. The van der Waals surface area contributed by atoms with Crippen LogP contribution in [0.3, 0.4) is 0 Å². The van der Waals surface area contributed by atoms with E-state index in [9.17, 15) is 18.0 Å². The largest absolute Gasteiger partial charge is 0.355 e. The topological polar surface area (TPSA) is 104 Å². The first kappa shape index (κ1) is 21.8. The molecule has 28 heavy (non-hydrogen) atoms. The van der Waals surface area contributed by atoms with Crippen molar-refractivity contribution in [1.82, 2.24) is 15.4 Å². The summed E-state index contributed by atoms with van der Waals surface area (Å²) in [5.41, 5.74) is 0. The Morgan fingerprint density at radius 2 is 1.61 bits per heavy atom. The van der Waals surface area contributed by atoms with E-state index in [0.717, 1.165) is 10.8 Å². The van der Waals surface area contributed by atoms with Gasteiger partial charge in [-0.05, 0) is 42.7 Å². The van der Waals surface area contributed by atoms with Crippen LogP contribution in [0.4, 0.5) is 0 Å². The number of sulfonamides is 1. The fourth-order valence-corrected chi connectivity index (χ4v) is 4.14. The van der Waals surface area contributed by atoms with E-state index in [1.807, 2.05) is 24.3 Å². The summed E-state index contributed by atoms with van der Waals surface area (Å²) in [5, 5.41) is 6.91. The predicted octanol–water partition coefficient (Wildman–Crippen LogP) is 1.78. The number of amides is 2. The normalized spacial score (nSPS) is 13.9. The molecule has 0 saturated heterocycles. The van der Waals surface area contributed by atoms with E-state index in [1.165, 1.54) is 6.07 Å². The Morgan fingerprint density at radius 3 is 2.21 bits per heavy atom. The van der Waals surface area contributed by atoms with Crippen LogP contribution in [0.2, 0.25) is 0 Å². The Morgan fingerprint density at radius 1 is 0.964 bits per heavy atom. The van der Waals surface area contributed by atoms with E-state index in [1.54, 1.807) is 39.8 Å². The molecular formula is C20H27N3O4S. The number of hydrogen-bond acceptors (Lipinski definition) is 4. The highest BCUT2D eigenvalue weighted by molar-refractivity contribution is 7.89. The van der Waals surface area contributed by atoms with Crippen molar-refractivity contribution in [2.75, 3.05) is 6.54 Å². The number of carbonyl (C=O) groups is 2. The molecule has 2 rings (SSSR count). The van der Waals surface area contributed by atoms with Gasteiger partial charge in [0.1, 0.15) is 12.1 Å². The van der Waals surface area contributed by atoms with Gasteiger partial charge >= 0.3 is 0 Å². The number of carbonyl (C=O) groups excluding carboxylic acids is 2. The molecule has 0 radical (unpaired) electrons.